The average Bonchev–Trinajstić information content (AvgIpc) is 3.11. The highest BCUT2D eigenvalue weighted by molar-refractivity contribution is 7.91. The first kappa shape index (κ1) is 20.3. The number of hydrogen-bond donors (Lipinski definition) is 0. The second-order valence-corrected chi connectivity index (χ2v) is 9.15. The summed E-state index contributed by atoms with van der Waals surface area (Å²) in [6.45, 7) is 3.68. The molecule has 6 heteroatoms. The van der Waals surface area contributed by atoms with Gasteiger partial charge in [0.05, 0.1) is 24.2 Å². The van der Waals surface area contributed by atoms with E-state index in [-0.39, 0.29) is 10.9 Å². The van der Waals surface area contributed by atoms with Gasteiger partial charge in [-0.2, -0.15) is 0 Å². The summed E-state index contributed by atoms with van der Waals surface area (Å²) < 4.78 is 26.9. The summed E-state index contributed by atoms with van der Waals surface area (Å²) in [5.74, 6) is 0.0437. The minimum absolute atomic E-state index is 0.0437. The van der Waals surface area contributed by atoms with E-state index in [2.05, 4.69) is 29.1 Å². The molecular formula is C22H27N3O2S. The van der Waals surface area contributed by atoms with Crippen LogP contribution < -0.4 is 0 Å². The van der Waals surface area contributed by atoms with Gasteiger partial charge in [0.1, 0.15) is 0 Å². The van der Waals surface area contributed by atoms with Crippen LogP contribution in [-0.2, 0) is 29.3 Å². The maximum absolute atomic E-state index is 12.5. The van der Waals surface area contributed by atoms with Gasteiger partial charge in [-0.25, -0.2) is 13.4 Å². The predicted octanol–water partition coefficient (Wildman–Crippen LogP) is 3.40. The Balaban J connectivity index is 1.79. The number of hydrogen-bond acceptors (Lipinski definition) is 4. The first-order valence-electron chi connectivity index (χ1n) is 9.53. The van der Waals surface area contributed by atoms with Crippen LogP contribution in [0.3, 0.4) is 0 Å². The van der Waals surface area contributed by atoms with Crippen LogP contribution in [0.1, 0.15) is 23.7 Å². The molecule has 148 valence electrons. The summed E-state index contributed by atoms with van der Waals surface area (Å²) in [6, 6.07) is 20.3. The lowest BCUT2D eigenvalue weighted by atomic mass is 10.1. The molecule has 28 heavy (non-hydrogen) atoms. The van der Waals surface area contributed by atoms with Gasteiger partial charge in [0.25, 0.3) is 0 Å². The highest BCUT2D eigenvalue weighted by atomic mass is 32.2. The van der Waals surface area contributed by atoms with E-state index < -0.39 is 9.84 Å². The number of nitrogens with zero attached hydrogens (tertiary/aromatic N) is 3. The summed E-state index contributed by atoms with van der Waals surface area (Å²) in [5.41, 5.74) is 3.26. The molecule has 0 aliphatic carbocycles. The first-order valence-corrected chi connectivity index (χ1v) is 11.2. The molecule has 3 rings (SSSR count). The average molecular weight is 398 g/mol. The Morgan fingerprint density at radius 1 is 0.964 bits per heavy atom. The van der Waals surface area contributed by atoms with E-state index >= 15 is 0 Å². The Hall–Kier alpha value is -2.44. The third-order valence-electron chi connectivity index (χ3n) is 4.80. The topological polar surface area (TPSA) is 55.2 Å². The second kappa shape index (κ2) is 9.17. The third-order valence-corrected chi connectivity index (χ3v) is 6.44. The number of imidazole rings is 1. The Labute approximate surface area is 167 Å². The molecule has 0 bridgehead atoms. The van der Waals surface area contributed by atoms with Gasteiger partial charge in [-0.3, -0.25) is 0 Å². The van der Waals surface area contributed by atoms with Crippen molar-refractivity contribution in [2.75, 3.05) is 19.3 Å². The molecular weight excluding hydrogens is 370 g/mol. The molecule has 0 aliphatic heterocycles. The molecule has 1 heterocycles. The molecule has 0 amide bonds. The molecule has 1 aromatic heterocycles. The van der Waals surface area contributed by atoms with Crippen LogP contribution in [0.15, 0.2) is 72.0 Å². The summed E-state index contributed by atoms with van der Waals surface area (Å²) in [7, 11) is -1.33. The van der Waals surface area contributed by atoms with Crippen molar-refractivity contribution in [1.29, 1.82) is 0 Å². The van der Waals surface area contributed by atoms with Gasteiger partial charge in [0, 0.05) is 13.1 Å². The van der Waals surface area contributed by atoms with Crippen molar-refractivity contribution in [3.63, 3.8) is 0 Å². The standard InChI is InChI=1S/C22H27N3O2S/c1-3-28(26,27)22-23-16-21(25(22)17-20-12-8-5-9-13-20)18-24(2)15-14-19-10-6-4-7-11-19/h4-13,16H,3,14-15,17-18H2,1-2H3. The fourth-order valence-electron chi connectivity index (χ4n) is 3.15. The Morgan fingerprint density at radius 2 is 1.57 bits per heavy atom. The van der Waals surface area contributed by atoms with E-state index in [4.69, 9.17) is 0 Å². The smallest absolute Gasteiger partial charge is 0.228 e. The van der Waals surface area contributed by atoms with Crippen LogP contribution >= 0.6 is 0 Å². The Morgan fingerprint density at radius 3 is 2.18 bits per heavy atom. The maximum atomic E-state index is 12.5. The fourth-order valence-corrected chi connectivity index (χ4v) is 4.14. The van der Waals surface area contributed by atoms with Crippen LogP contribution in [0.2, 0.25) is 0 Å². The summed E-state index contributed by atoms with van der Waals surface area (Å²) in [6.07, 6.45) is 2.65. The van der Waals surface area contributed by atoms with Crippen LogP contribution in [0, 0.1) is 0 Å². The maximum Gasteiger partial charge on any atom is 0.228 e. The van der Waals surface area contributed by atoms with Crippen molar-refractivity contribution in [2.45, 2.75) is 31.6 Å². The Kier molecular flexibility index (Phi) is 6.65. The van der Waals surface area contributed by atoms with Crippen LogP contribution in [0.4, 0.5) is 0 Å². The monoisotopic (exact) mass is 397 g/mol. The number of aromatic nitrogens is 2. The van der Waals surface area contributed by atoms with Crippen molar-refractivity contribution in [3.05, 3.63) is 83.7 Å². The lowest BCUT2D eigenvalue weighted by Crippen LogP contribution is -2.23. The van der Waals surface area contributed by atoms with Gasteiger partial charge in [0.15, 0.2) is 0 Å². The Bertz CT molecular complexity index is 983. The second-order valence-electron chi connectivity index (χ2n) is 6.98. The van der Waals surface area contributed by atoms with Crippen molar-refractivity contribution < 1.29 is 8.42 Å². The molecule has 0 radical (unpaired) electrons. The van der Waals surface area contributed by atoms with E-state index in [0.717, 1.165) is 24.2 Å². The lowest BCUT2D eigenvalue weighted by molar-refractivity contribution is 0.320. The molecule has 0 aliphatic rings. The van der Waals surface area contributed by atoms with E-state index in [1.807, 2.05) is 53.1 Å². The number of rotatable bonds is 9. The van der Waals surface area contributed by atoms with Crippen molar-refractivity contribution >= 4 is 9.84 Å². The van der Waals surface area contributed by atoms with Crippen molar-refractivity contribution in [1.82, 2.24) is 14.5 Å². The van der Waals surface area contributed by atoms with Crippen LogP contribution in [-0.4, -0.2) is 42.2 Å². The van der Waals surface area contributed by atoms with Gasteiger partial charge >= 0.3 is 0 Å². The number of benzene rings is 2. The molecule has 3 aromatic rings. The highest BCUT2D eigenvalue weighted by Gasteiger charge is 2.22. The molecule has 0 fully saturated rings. The van der Waals surface area contributed by atoms with Gasteiger partial charge in [0.2, 0.25) is 15.0 Å². The fraction of sp³-hybridized carbons (Fsp3) is 0.318. The van der Waals surface area contributed by atoms with Crippen LogP contribution in [0.5, 0.6) is 0 Å². The number of likely N-dealkylation sites (N-methyl/N-ethyl adjacent to an activating group) is 1. The zero-order valence-corrected chi connectivity index (χ0v) is 17.3. The molecule has 0 unspecified atom stereocenters. The van der Waals surface area contributed by atoms with Gasteiger partial charge in [-0.1, -0.05) is 67.6 Å². The zero-order chi connectivity index (χ0) is 20.0. The molecule has 0 atom stereocenters. The van der Waals surface area contributed by atoms with E-state index in [9.17, 15) is 8.42 Å². The summed E-state index contributed by atoms with van der Waals surface area (Å²) in [5, 5.41) is 0.158. The van der Waals surface area contributed by atoms with Gasteiger partial charge in [-0.05, 0) is 24.6 Å². The van der Waals surface area contributed by atoms with Crippen LogP contribution in [0.25, 0.3) is 0 Å². The quantitative estimate of drug-likeness (QED) is 0.555. The van der Waals surface area contributed by atoms with Gasteiger partial charge in [-0.15, -0.1) is 0 Å². The summed E-state index contributed by atoms with van der Waals surface area (Å²) in [4.78, 5) is 6.48. The molecule has 0 saturated carbocycles. The SMILES string of the molecule is CCS(=O)(=O)c1ncc(CN(C)CCc2ccccc2)n1Cc1ccccc1. The largest absolute Gasteiger partial charge is 0.313 e. The lowest BCUT2D eigenvalue weighted by Gasteiger charge is -2.19. The third kappa shape index (κ3) is 5.09. The summed E-state index contributed by atoms with van der Waals surface area (Å²) >= 11 is 0. The molecule has 0 spiro atoms. The normalized spacial score (nSPS) is 11.8. The molecule has 0 N–H and O–H groups in total. The van der Waals surface area contributed by atoms with Gasteiger partial charge < -0.3 is 9.47 Å². The predicted molar refractivity (Wildman–Crippen MR) is 112 cm³/mol. The van der Waals surface area contributed by atoms with Crippen molar-refractivity contribution in [3.8, 4) is 0 Å². The molecule has 0 saturated heterocycles. The molecule has 5 nitrogen and oxygen atoms in total. The van der Waals surface area contributed by atoms with E-state index in [0.29, 0.717) is 13.1 Å². The first-order chi connectivity index (χ1) is 13.5. The number of sulfone groups is 1. The minimum Gasteiger partial charge on any atom is -0.313 e. The van der Waals surface area contributed by atoms with Crippen molar-refractivity contribution in [2.24, 2.45) is 0 Å². The van der Waals surface area contributed by atoms with E-state index in [1.165, 1.54) is 5.56 Å². The minimum atomic E-state index is -3.39. The van der Waals surface area contributed by atoms with E-state index in [1.54, 1.807) is 13.1 Å². The highest BCUT2D eigenvalue weighted by Crippen LogP contribution is 2.17. The molecule has 2 aromatic carbocycles. The zero-order valence-electron chi connectivity index (χ0n) is 16.5.